The van der Waals surface area contributed by atoms with Crippen LogP contribution < -0.4 is 10.6 Å². The van der Waals surface area contributed by atoms with Crippen LogP contribution in [0, 0.1) is 11.7 Å². The average Bonchev–Trinajstić information content (AvgIpc) is 3.10. The minimum Gasteiger partial charge on any atom is -0.316 e. The summed E-state index contributed by atoms with van der Waals surface area (Å²) in [5.41, 5.74) is 0.900. The van der Waals surface area contributed by atoms with Crippen LogP contribution in [0.4, 0.5) is 9.52 Å². The number of amides is 1. The smallest absolute Gasteiger partial charge is 0.230 e. The highest BCUT2D eigenvalue weighted by Gasteiger charge is 2.23. The molecular formula is C15H17ClFN3OS. The minimum atomic E-state index is -0.237. The second kappa shape index (κ2) is 7.67. The number of hydrogen-bond donors (Lipinski definition) is 2. The zero-order valence-corrected chi connectivity index (χ0v) is 13.5. The third-order valence-electron chi connectivity index (χ3n) is 3.48. The first-order valence-corrected chi connectivity index (χ1v) is 7.73. The molecule has 1 aliphatic rings. The Morgan fingerprint density at radius 3 is 3.09 bits per heavy atom. The summed E-state index contributed by atoms with van der Waals surface area (Å²) in [6.45, 7) is 1.62. The van der Waals surface area contributed by atoms with Gasteiger partial charge in [0.05, 0.1) is 5.92 Å². The van der Waals surface area contributed by atoms with E-state index in [4.69, 9.17) is 0 Å². The Bertz CT molecular complexity index is 643. The number of nitrogens with zero attached hydrogens (tertiary/aromatic N) is 1. The normalized spacial score (nSPS) is 17.0. The molecule has 0 saturated carbocycles. The molecule has 2 heterocycles. The number of benzene rings is 1. The molecule has 1 saturated heterocycles. The van der Waals surface area contributed by atoms with Gasteiger partial charge in [-0.3, -0.25) is 4.79 Å². The molecule has 1 aliphatic heterocycles. The number of carbonyl (C=O) groups is 1. The summed E-state index contributed by atoms with van der Waals surface area (Å²) >= 11 is 1.43. The van der Waals surface area contributed by atoms with Crippen LogP contribution in [0.25, 0.3) is 0 Å². The van der Waals surface area contributed by atoms with Crippen LogP contribution >= 0.6 is 23.7 Å². The second-order valence-corrected chi connectivity index (χ2v) is 6.23. The van der Waals surface area contributed by atoms with Gasteiger partial charge in [0.25, 0.3) is 0 Å². The Morgan fingerprint density at radius 1 is 1.50 bits per heavy atom. The first-order valence-electron chi connectivity index (χ1n) is 6.91. The number of hydrogen-bond acceptors (Lipinski definition) is 4. The Balaban J connectivity index is 0.00000176. The van der Waals surface area contributed by atoms with Crippen LogP contribution in [-0.4, -0.2) is 24.0 Å². The highest BCUT2D eigenvalue weighted by atomic mass is 35.5. The fraction of sp³-hybridized carbons (Fsp3) is 0.333. The fourth-order valence-corrected chi connectivity index (χ4v) is 3.23. The molecule has 1 fully saturated rings. The molecule has 1 aromatic heterocycles. The van der Waals surface area contributed by atoms with Gasteiger partial charge in [0.2, 0.25) is 5.91 Å². The van der Waals surface area contributed by atoms with E-state index in [1.165, 1.54) is 23.5 Å². The highest BCUT2D eigenvalue weighted by Crippen LogP contribution is 2.22. The Kier molecular flexibility index (Phi) is 5.88. The van der Waals surface area contributed by atoms with Gasteiger partial charge in [-0.1, -0.05) is 12.1 Å². The molecule has 1 aromatic carbocycles. The summed E-state index contributed by atoms with van der Waals surface area (Å²) in [5, 5.41) is 6.63. The Morgan fingerprint density at radius 2 is 2.36 bits per heavy atom. The van der Waals surface area contributed by atoms with Crippen molar-refractivity contribution in [3.63, 3.8) is 0 Å². The van der Waals surface area contributed by atoms with Crippen molar-refractivity contribution in [1.29, 1.82) is 0 Å². The summed E-state index contributed by atoms with van der Waals surface area (Å²) in [7, 11) is 0. The molecular weight excluding hydrogens is 325 g/mol. The van der Waals surface area contributed by atoms with Crippen molar-refractivity contribution in [3.8, 4) is 0 Å². The predicted octanol–water partition coefficient (Wildman–Crippen LogP) is 2.84. The standard InChI is InChI=1S/C15H16FN3OS.ClH/c16-12-3-1-2-10(6-12)7-13-9-18-15(21-13)19-14(20)11-4-5-17-8-11;/h1-3,6,9,11,17H,4-5,7-8H2,(H,18,19,20);1H. The molecule has 0 spiro atoms. The molecule has 2 N–H and O–H groups in total. The van der Waals surface area contributed by atoms with Crippen LogP contribution in [0.5, 0.6) is 0 Å². The van der Waals surface area contributed by atoms with Crippen molar-refractivity contribution in [2.24, 2.45) is 5.92 Å². The van der Waals surface area contributed by atoms with Gasteiger partial charge in [-0.15, -0.1) is 23.7 Å². The first-order chi connectivity index (χ1) is 10.2. The van der Waals surface area contributed by atoms with E-state index in [-0.39, 0.29) is 30.0 Å². The van der Waals surface area contributed by atoms with Crippen molar-refractivity contribution in [2.75, 3.05) is 18.4 Å². The van der Waals surface area contributed by atoms with Gasteiger partial charge in [0.1, 0.15) is 5.82 Å². The molecule has 7 heteroatoms. The summed E-state index contributed by atoms with van der Waals surface area (Å²) in [6, 6.07) is 6.52. The summed E-state index contributed by atoms with van der Waals surface area (Å²) < 4.78 is 13.1. The lowest BCUT2D eigenvalue weighted by molar-refractivity contribution is -0.119. The number of halogens is 2. The van der Waals surface area contributed by atoms with Crippen LogP contribution in [-0.2, 0) is 11.2 Å². The third kappa shape index (κ3) is 4.25. The Hall–Kier alpha value is -1.50. The fourth-order valence-electron chi connectivity index (χ4n) is 2.38. The number of anilines is 1. The molecule has 0 aliphatic carbocycles. The van der Waals surface area contributed by atoms with Gasteiger partial charge in [-0.25, -0.2) is 9.37 Å². The lowest BCUT2D eigenvalue weighted by Gasteiger charge is -2.06. The minimum absolute atomic E-state index is 0. The zero-order chi connectivity index (χ0) is 14.7. The van der Waals surface area contributed by atoms with E-state index in [0.717, 1.165) is 30.0 Å². The maximum atomic E-state index is 13.1. The molecule has 0 radical (unpaired) electrons. The summed E-state index contributed by atoms with van der Waals surface area (Å²) in [5.74, 6) is -0.188. The Labute approximate surface area is 138 Å². The molecule has 22 heavy (non-hydrogen) atoms. The number of carbonyl (C=O) groups excluding carboxylic acids is 1. The molecule has 0 bridgehead atoms. The molecule has 1 amide bonds. The van der Waals surface area contributed by atoms with Crippen LogP contribution in [0.3, 0.4) is 0 Å². The van der Waals surface area contributed by atoms with E-state index in [1.807, 2.05) is 6.07 Å². The summed E-state index contributed by atoms with van der Waals surface area (Å²) in [4.78, 5) is 17.2. The quantitative estimate of drug-likeness (QED) is 0.899. The molecule has 4 nitrogen and oxygen atoms in total. The first kappa shape index (κ1) is 16.9. The lowest BCUT2D eigenvalue weighted by atomic mass is 10.1. The largest absolute Gasteiger partial charge is 0.316 e. The van der Waals surface area contributed by atoms with E-state index in [0.29, 0.717) is 11.6 Å². The van der Waals surface area contributed by atoms with E-state index in [9.17, 15) is 9.18 Å². The number of rotatable bonds is 4. The average molecular weight is 342 g/mol. The number of thiazole rings is 1. The summed E-state index contributed by atoms with van der Waals surface area (Å²) in [6.07, 6.45) is 3.22. The maximum Gasteiger partial charge on any atom is 0.230 e. The number of nitrogens with one attached hydrogen (secondary N) is 2. The van der Waals surface area contributed by atoms with E-state index in [1.54, 1.807) is 12.3 Å². The third-order valence-corrected chi connectivity index (χ3v) is 4.39. The molecule has 1 unspecified atom stereocenters. The second-order valence-electron chi connectivity index (χ2n) is 5.12. The van der Waals surface area contributed by atoms with E-state index < -0.39 is 0 Å². The van der Waals surface area contributed by atoms with E-state index >= 15 is 0 Å². The predicted molar refractivity (Wildman–Crippen MR) is 88.2 cm³/mol. The van der Waals surface area contributed by atoms with Gasteiger partial charge in [0.15, 0.2) is 5.13 Å². The monoisotopic (exact) mass is 341 g/mol. The zero-order valence-electron chi connectivity index (χ0n) is 11.8. The van der Waals surface area contributed by atoms with Gasteiger partial charge < -0.3 is 10.6 Å². The van der Waals surface area contributed by atoms with E-state index in [2.05, 4.69) is 15.6 Å². The molecule has 118 valence electrons. The van der Waals surface area contributed by atoms with Crippen molar-refractivity contribution >= 4 is 34.8 Å². The van der Waals surface area contributed by atoms with Gasteiger partial charge >= 0.3 is 0 Å². The van der Waals surface area contributed by atoms with Crippen LogP contribution in [0.2, 0.25) is 0 Å². The van der Waals surface area contributed by atoms with Crippen molar-refractivity contribution in [3.05, 3.63) is 46.7 Å². The van der Waals surface area contributed by atoms with Crippen molar-refractivity contribution in [2.45, 2.75) is 12.8 Å². The van der Waals surface area contributed by atoms with Gasteiger partial charge in [0, 0.05) is 24.0 Å². The molecule has 2 aromatic rings. The van der Waals surface area contributed by atoms with Gasteiger partial charge in [-0.2, -0.15) is 0 Å². The maximum absolute atomic E-state index is 13.1. The number of aromatic nitrogens is 1. The SMILES string of the molecule is Cl.O=C(Nc1ncc(Cc2cccc(F)c2)s1)C1CCNC1. The van der Waals surface area contributed by atoms with Crippen molar-refractivity contribution < 1.29 is 9.18 Å². The van der Waals surface area contributed by atoms with Gasteiger partial charge in [-0.05, 0) is 30.7 Å². The highest BCUT2D eigenvalue weighted by molar-refractivity contribution is 7.15. The topological polar surface area (TPSA) is 54.0 Å². The van der Waals surface area contributed by atoms with Crippen molar-refractivity contribution in [1.82, 2.24) is 10.3 Å². The molecule has 3 rings (SSSR count). The van der Waals surface area contributed by atoms with Crippen LogP contribution in [0.15, 0.2) is 30.5 Å². The van der Waals surface area contributed by atoms with Crippen LogP contribution in [0.1, 0.15) is 16.9 Å². The molecule has 1 atom stereocenters. The lowest BCUT2D eigenvalue weighted by Crippen LogP contribution is -2.24.